The zero-order valence-corrected chi connectivity index (χ0v) is 17.8. The van der Waals surface area contributed by atoms with Gasteiger partial charge in [-0.25, -0.2) is 4.79 Å². The number of halogens is 3. The van der Waals surface area contributed by atoms with E-state index >= 15 is 0 Å². The fraction of sp³-hybridized carbons (Fsp3) is 0.550. The first-order valence-electron chi connectivity index (χ1n) is 9.91. The van der Waals surface area contributed by atoms with Crippen LogP contribution in [0.5, 0.6) is 0 Å². The second-order valence-corrected chi connectivity index (χ2v) is 7.79. The Labute approximate surface area is 182 Å². The highest BCUT2D eigenvalue weighted by Gasteiger charge is 2.47. The lowest BCUT2D eigenvalue weighted by molar-refractivity contribution is -0.192. The molecule has 1 spiro atoms. The fourth-order valence-electron chi connectivity index (χ4n) is 3.86. The van der Waals surface area contributed by atoms with Crippen molar-refractivity contribution in [2.45, 2.75) is 26.4 Å². The minimum Gasteiger partial charge on any atom is -0.475 e. The van der Waals surface area contributed by atoms with Crippen molar-refractivity contribution in [2.75, 3.05) is 39.3 Å². The molecule has 32 heavy (non-hydrogen) atoms. The van der Waals surface area contributed by atoms with Gasteiger partial charge in [0.1, 0.15) is 0 Å². The second-order valence-electron chi connectivity index (χ2n) is 7.79. The van der Waals surface area contributed by atoms with Crippen LogP contribution in [0.3, 0.4) is 0 Å². The number of carbonyl (C=O) groups is 4. The number of rotatable bonds is 2. The quantitative estimate of drug-likeness (QED) is 0.714. The van der Waals surface area contributed by atoms with Crippen LogP contribution in [0.2, 0.25) is 0 Å². The molecule has 0 aliphatic carbocycles. The molecule has 1 aromatic heterocycles. The number of aliphatic carboxylic acids is 1. The number of amides is 3. The van der Waals surface area contributed by atoms with Crippen LogP contribution in [0.25, 0.3) is 0 Å². The molecule has 1 unspecified atom stereocenters. The van der Waals surface area contributed by atoms with E-state index in [1.165, 1.54) is 0 Å². The SMILES string of the molecule is CCN1CC2(CC1=O)CN(C(C)=O)CCN(C(=O)c1ccncc1)C2.O=C(O)C(F)(F)F. The minimum absolute atomic E-state index is 0.0139. The van der Waals surface area contributed by atoms with Crippen molar-refractivity contribution in [3.63, 3.8) is 0 Å². The molecular weight excluding hydrogens is 433 g/mol. The second kappa shape index (κ2) is 9.96. The van der Waals surface area contributed by atoms with Gasteiger partial charge < -0.3 is 19.8 Å². The summed E-state index contributed by atoms with van der Waals surface area (Å²) in [6.45, 7) is 6.71. The number of likely N-dealkylation sites (tertiary alicyclic amines) is 1. The van der Waals surface area contributed by atoms with Crippen molar-refractivity contribution in [3.05, 3.63) is 30.1 Å². The van der Waals surface area contributed by atoms with Crippen LogP contribution >= 0.6 is 0 Å². The predicted molar refractivity (Wildman–Crippen MR) is 105 cm³/mol. The normalized spacial score (nSPS) is 21.2. The summed E-state index contributed by atoms with van der Waals surface area (Å²) >= 11 is 0. The Balaban J connectivity index is 0.000000451. The summed E-state index contributed by atoms with van der Waals surface area (Å²) in [6, 6.07) is 3.39. The Morgan fingerprint density at radius 1 is 1.09 bits per heavy atom. The highest BCUT2D eigenvalue weighted by Crippen LogP contribution is 2.35. The molecule has 176 valence electrons. The van der Waals surface area contributed by atoms with Crippen molar-refractivity contribution >= 4 is 23.7 Å². The lowest BCUT2D eigenvalue weighted by Gasteiger charge is -2.33. The number of carboxylic acid groups (broad SMARTS) is 1. The fourth-order valence-corrected chi connectivity index (χ4v) is 3.86. The molecule has 3 rings (SSSR count). The van der Waals surface area contributed by atoms with Crippen LogP contribution in [0.1, 0.15) is 30.6 Å². The number of nitrogens with zero attached hydrogens (tertiary/aromatic N) is 4. The third-order valence-electron chi connectivity index (χ3n) is 5.38. The number of carboxylic acids is 1. The summed E-state index contributed by atoms with van der Waals surface area (Å²) in [4.78, 5) is 55.4. The number of alkyl halides is 3. The number of carbonyl (C=O) groups excluding carboxylic acids is 3. The monoisotopic (exact) mass is 458 g/mol. The van der Waals surface area contributed by atoms with Crippen LogP contribution in [-0.4, -0.2) is 93.9 Å². The number of aromatic nitrogens is 1. The van der Waals surface area contributed by atoms with E-state index in [2.05, 4.69) is 4.98 Å². The van der Waals surface area contributed by atoms with E-state index in [4.69, 9.17) is 9.90 Å². The Morgan fingerprint density at radius 3 is 2.09 bits per heavy atom. The average Bonchev–Trinajstić information content (AvgIpc) is 2.91. The maximum Gasteiger partial charge on any atom is 0.490 e. The van der Waals surface area contributed by atoms with Crippen molar-refractivity contribution < 1.29 is 37.5 Å². The zero-order valence-electron chi connectivity index (χ0n) is 17.8. The Kier molecular flexibility index (Phi) is 7.81. The first-order valence-corrected chi connectivity index (χ1v) is 9.91. The van der Waals surface area contributed by atoms with Crippen LogP contribution < -0.4 is 0 Å². The van der Waals surface area contributed by atoms with E-state index in [9.17, 15) is 27.6 Å². The molecule has 2 fully saturated rings. The third kappa shape index (κ3) is 6.17. The van der Waals surface area contributed by atoms with Crippen molar-refractivity contribution in [3.8, 4) is 0 Å². The zero-order chi connectivity index (χ0) is 24.1. The predicted octanol–water partition coefficient (Wildman–Crippen LogP) is 1.26. The first-order chi connectivity index (χ1) is 14.9. The van der Waals surface area contributed by atoms with Crippen molar-refractivity contribution in [1.29, 1.82) is 0 Å². The molecular formula is C20H25F3N4O5. The summed E-state index contributed by atoms with van der Waals surface area (Å²) in [5, 5.41) is 7.12. The molecule has 2 aliphatic rings. The number of hydrogen-bond acceptors (Lipinski definition) is 5. The molecule has 2 saturated heterocycles. The molecule has 1 atom stereocenters. The van der Waals surface area contributed by atoms with Gasteiger partial charge in [0, 0.05) is 76.0 Å². The summed E-state index contributed by atoms with van der Waals surface area (Å²) < 4.78 is 31.7. The van der Waals surface area contributed by atoms with Gasteiger partial charge in [-0.2, -0.15) is 13.2 Å². The van der Waals surface area contributed by atoms with Gasteiger partial charge in [0.2, 0.25) is 11.8 Å². The van der Waals surface area contributed by atoms with Gasteiger partial charge in [-0.15, -0.1) is 0 Å². The molecule has 3 amide bonds. The van der Waals surface area contributed by atoms with Gasteiger partial charge in [0.05, 0.1) is 0 Å². The van der Waals surface area contributed by atoms with Crippen LogP contribution in [-0.2, 0) is 14.4 Å². The molecule has 0 radical (unpaired) electrons. The van der Waals surface area contributed by atoms with Gasteiger partial charge in [-0.3, -0.25) is 19.4 Å². The Morgan fingerprint density at radius 2 is 1.62 bits per heavy atom. The molecule has 3 heterocycles. The molecule has 2 aliphatic heterocycles. The molecule has 9 nitrogen and oxygen atoms in total. The van der Waals surface area contributed by atoms with Crippen molar-refractivity contribution in [1.82, 2.24) is 19.7 Å². The van der Waals surface area contributed by atoms with Crippen LogP contribution in [0, 0.1) is 5.41 Å². The third-order valence-corrected chi connectivity index (χ3v) is 5.38. The Hall–Kier alpha value is -3.18. The molecule has 0 bridgehead atoms. The Bertz CT molecular complexity index is 865. The maximum absolute atomic E-state index is 12.9. The highest BCUT2D eigenvalue weighted by atomic mass is 19.4. The first kappa shape index (κ1) is 25.1. The van der Waals surface area contributed by atoms with E-state index in [1.54, 1.807) is 41.2 Å². The van der Waals surface area contributed by atoms with Gasteiger partial charge in [0.15, 0.2) is 0 Å². The largest absolute Gasteiger partial charge is 0.490 e. The topological polar surface area (TPSA) is 111 Å². The molecule has 1 aromatic rings. The average molecular weight is 458 g/mol. The molecule has 0 saturated carbocycles. The lowest BCUT2D eigenvalue weighted by atomic mass is 9.85. The standard InChI is InChI=1S/C18H24N4O3.C2HF3O2/c1-3-20-11-18(10-16(20)24)12-21(14(2)23)8-9-22(13-18)17(25)15-4-6-19-7-5-15;3-2(4,5)1(6)7/h4-7H,3,8-13H2,1-2H3;(H,6,7). The van der Waals surface area contributed by atoms with Crippen molar-refractivity contribution in [2.24, 2.45) is 5.41 Å². The molecule has 12 heteroatoms. The molecule has 1 N–H and O–H groups in total. The number of pyridine rings is 1. The van der Waals surface area contributed by atoms with E-state index in [-0.39, 0.29) is 17.7 Å². The van der Waals surface area contributed by atoms with E-state index in [0.29, 0.717) is 51.3 Å². The van der Waals surface area contributed by atoms with E-state index in [1.807, 2.05) is 11.8 Å². The van der Waals surface area contributed by atoms with E-state index < -0.39 is 17.6 Å². The van der Waals surface area contributed by atoms with Gasteiger partial charge in [0.25, 0.3) is 5.91 Å². The summed E-state index contributed by atoms with van der Waals surface area (Å²) in [7, 11) is 0. The number of hydrogen-bond donors (Lipinski definition) is 1. The lowest BCUT2D eigenvalue weighted by Crippen LogP contribution is -2.45. The molecule has 0 aromatic carbocycles. The smallest absolute Gasteiger partial charge is 0.475 e. The van der Waals surface area contributed by atoms with E-state index in [0.717, 1.165) is 0 Å². The maximum atomic E-state index is 12.9. The summed E-state index contributed by atoms with van der Waals surface area (Å²) in [5.41, 5.74) is 0.191. The highest BCUT2D eigenvalue weighted by molar-refractivity contribution is 5.94. The van der Waals surface area contributed by atoms with Gasteiger partial charge in [-0.1, -0.05) is 0 Å². The van der Waals surface area contributed by atoms with Crippen LogP contribution in [0.4, 0.5) is 13.2 Å². The van der Waals surface area contributed by atoms with Crippen LogP contribution in [0.15, 0.2) is 24.5 Å². The summed E-state index contributed by atoms with van der Waals surface area (Å²) in [5.74, 6) is -2.74. The van der Waals surface area contributed by atoms with Gasteiger partial charge >= 0.3 is 12.1 Å². The summed E-state index contributed by atoms with van der Waals surface area (Å²) in [6.07, 6.45) is -1.51. The van der Waals surface area contributed by atoms with Gasteiger partial charge in [-0.05, 0) is 19.1 Å². The minimum atomic E-state index is -5.08.